The molecule has 0 spiro atoms. The lowest BCUT2D eigenvalue weighted by atomic mass is 9.89. The molecule has 1 aliphatic rings. The molecule has 0 saturated carbocycles. The van der Waals surface area contributed by atoms with E-state index in [-0.39, 0.29) is 0 Å². The SMILES string of the molecule is c1ccc([Si]2(c3ccccc3)c3ccccc3-c3ccc(-c4cc5c(-c6ccc7ccccc7c6)nc6ccccc6c5c5ccccc45)cc32)cc1. The Hall–Kier alpha value is -6.61. The Balaban J connectivity index is 1.24. The lowest BCUT2D eigenvalue weighted by molar-refractivity contribution is 1.43. The first-order valence-electron chi connectivity index (χ1n) is 18.4. The first-order chi connectivity index (χ1) is 26.3. The zero-order valence-corrected chi connectivity index (χ0v) is 30.0. The van der Waals surface area contributed by atoms with Crippen molar-refractivity contribution in [1.82, 2.24) is 4.98 Å². The summed E-state index contributed by atoms with van der Waals surface area (Å²) in [7, 11) is -2.65. The molecule has 246 valence electrons. The Morgan fingerprint density at radius 1 is 0.340 bits per heavy atom. The van der Waals surface area contributed by atoms with Gasteiger partial charge < -0.3 is 0 Å². The van der Waals surface area contributed by atoms with Gasteiger partial charge >= 0.3 is 0 Å². The van der Waals surface area contributed by atoms with E-state index in [4.69, 9.17) is 4.98 Å². The minimum absolute atomic E-state index is 1.01. The van der Waals surface area contributed by atoms with Crippen LogP contribution in [0.25, 0.3) is 76.7 Å². The van der Waals surface area contributed by atoms with Gasteiger partial charge in [-0.05, 0) is 82.7 Å². The molecular weight excluding hydrogens is 655 g/mol. The molecule has 0 bridgehead atoms. The number of benzene rings is 9. The van der Waals surface area contributed by atoms with Crippen LogP contribution in [-0.2, 0) is 0 Å². The Morgan fingerprint density at radius 3 is 1.74 bits per heavy atom. The summed E-state index contributed by atoms with van der Waals surface area (Å²) < 4.78 is 0. The van der Waals surface area contributed by atoms with Crippen molar-refractivity contribution in [3.63, 3.8) is 0 Å². The van der Waals surface area contributed by atoms with Gasteiger partial charge in [-0.2, -0.15) is 0 Å². The van der Waals surface area contributed by atoms with Crippen molar-refractivity contribution in [1.29, 1.82) is 0 Å². The molecule has 1 aromatic heterocycles. The number of aromatic nitrogens is 1. The highest BCUT2D eigenvalue weighted by atomic mass is 28.3. The summed E-state index contributed by atoms with van der Waals surface area (Å²) in [6, 6.07) is 74.3. The van der Waals surface area contributed by atoms with E-state index in [0.29, 0.717) is 0 Å². The molecule has 1 nitrogen and oxygen atoms in total. The molecule has 0 radical (unpaired) electrons. The molecular formula is C51H33NSi. The van der Waals surface area contributed by atoms with Gasteiger partial charge in [-0.25, -0.2) is 4.98 Å². The molecule has 2 heterocycles. The van der Waals surface area contributed by atoms with E-state index in [0.717, 1.165) is 16.8 Å². The van der Waals surface area contributed by atoms with Crippen LogP contribution in [0.3, 0.4) is 0 Å². The first-order valence-corrected chi connectivity index (χ1v) is 20.4. The smallest absolute Gasteiger partial charge is 0.180 e. The van der Waals surface area contributed by atoms with Gasteiger partial charge in [0.1, 0.15) is 0 Å². The molecule has 0 saturated heterocycles. The highest BCUT2D eigenvalue weighted by molar-refractivity contribution is 7.22. The monoisotopic (exact) mass is 687 g/mol. The van der Waals surface area contributed by atoms with Gasteiger partial charge in [0, 0.05) is 21.7 Å². The van der Waals surface area contributed by atoms with Gasteiger partial charge in [-0.15, -0.1) is 0 Å². The summed E-state index contributed by atoms with van der Waals surface area (Å²) in [5, 5.41) is 14.3. The molecule has 2 heteroatoms. The summed E-state index contributed by atoms with van der Waals surface area (Å²) in [6.07, 6.45) is 0. The van der Waals surface area contributed by atoms with Gasteiger partial charge in [-0.1, -0.05) is 182 Å². The second kappa shape index (κ2) is 11.7. The number of para-hydroxylation sites is 1. The van der Waals surface area contributed by atoms with E-state index in [2.05, 4.69) is 200 Å². The van der Waals surface area contributed by atoms with E-state index in [9.17, 15) is 0 Å². The Labute approximate surface area is 309 Å². The van der Waals surface area contributed by atoms with Crippen LogP contribution < -0.4 is 20.7 Å². The van der Waals surface area contributed by atoms with Gasteiger partial charge in [0.25, 0.3) is 0 Å². The molecule has 0 unspecified atom stereocenters. The van der Waals surface area contributed by atoms with Crippen molar-refractivity contribution in [3.8, 4) is 33.5 Å². The third-order valence-electron chi connectivity index (χ3n) is 11.5. The van der Waals surface area contributed by atoms with Gasteiger partial charge in [0.05, 0.1) is 11.2 Å². The molecule has 1 aliphatic heterocycles. The van der Waals surface area contributed by atoms with Gasteiger partial charge in [0.15, 0.2) is 8.07 Å². The fraction of sp³-hybridized carbons (Fsp3) is 0. The van der Waals surface area contributed by atoms with Crippen LogP contribution in [0.4, 0.5) is 0 Å². The second-order valence-electron chi connectivity index (χ2n) is 14.2. The van der Waals surface area contributed by atoms with E-state index >= 15 is 0 Å². The van der Waals surface area contributed by atoms with Crippen molar-refractivity contribution < 1.29 is 0 Å². The highest BCUT2D eigenvalue weighted by Crippen LogP contribution is 2.42. The van der Waals surface area contributed by atoms with Gasteiger partial charge in [0.2, 0.25) is 0 Å². The highest BCUT2D eigenvalue weighted by Gasteiger charge is 2.48. The molecule has 53 heavy (non-hydrogen) atoms. The molecule has 0 amide bonds. The van der Waals surface area contributed by atoms with Crippen LogP contribution in [-0.4, -0.2) is 13.1 Å². The van der Waals surface area contributed by atoms with Crippen LogP contribution in [0.15, 0.2) is 200 Å². The average Bonchev–Trinajstić information content (AvgIpc) is 3.53. The van der Waals surface area contributed by atoms with Crippen molar-refractivity contribution in [3.05, 3.63) is 200 Å². The fourth-order valence-corrected chi connectivity index (χ4v) is 14.4. The van der Waals surface area contributed by atoms with E-state index < -0.39 is 8.07 Å². The molecule has 10 aromatic rings. The molecule has 9 aromatic carbocycles. The third kappa shape index (κ3) is 4.40. The lowest BCUT2D eigenvalue weighted by Gasteiger charge is -2.31. The first kappa shape index (κ1) is 30.1. The summed E-state index contributed by atoms with van der Waals surface area (Å²) >= 11 is 0. The fourth-order valence-electron chi connectivity index (χ4n) is 9.22. The van der Waals surface area contributed by atoms with Crippen molar-refractivity contribution in [2.75, 3.05) is 0 Å². The number of hydrogen-bond donors (Lipinski definition) is 0. The van der Waals surface area contributed by atoms with Crippen molar-refractivity contribution in [2.45, 2.75) is 0 Å². The summed E-state index contributed by atoms with van der Waals surface area (Å²) in [4.78, 5) is 5.42. The van der Waals surface area contributed by atoms with Crippen LogP contribution in [0.1, 0.15) is 0 Å². The number of rotatable bonds is 4. The zero-order valence-electron chi connectivity index (χ0n) is 29.0. The third-order valence-corrected chi connectivity index (χ3v) is 16.4. The van der Waals surface area contributed by atoms with Crippen LogP contribution in [0.5, 0.6) is 0 Å². The topological polar surface area (TPSA) is 12.9 Å². The van der Waals surface area contributed by atoms with Gasteiger partial charge in [-0.3, -0.25) is 0 Å². The molecule has 0 N–H and O–H groups in total. The average molecular weight is 688 g/mol. The molecule has 0 aliphatic carbocycles. The maximum Gasteiger partial charge on any atom is 0.180 e. The summed E-state index contributed by atoms with van der Waals surface area (Å²) in [5.41, 5.74) is 8.32. The summed E-state index contributed by atoms with van der Waals surface area (Å²) in [6.45, 7) is 0. The van der Waals surface area contributed by atoms with Crippen LogP contribution in [0, 0.1) is 0 Å². The Bertz CT molecular complexity index is 3020. The molecule has 11 rings (SSSR count). The maximum atomic E-state index is 5.42. The predicted molar refractivity (Wildman–Crippen MR) is 228 cm³/mol. The quantitative estimate of drug-likeness (QED) is 0.133. The Kier molecular flexibility index (Phi) is 6.64. The zero-order chi connectivity index (χ0) is 34.9. The number of pyridine rings is 1. The normalized spacial score (nSPS) is 13.1. The van der Waals surface area contributed by atoms with Crippen LogP contribution in [0.2, 0.25) is 0 Å². The minimum Gasteiger partial charge on any atom is -0.247 e. The second-order valence-corrected chi connectivity index (χ2v) is 18.0. The van der Waals surface area contributed by atoms with Crippen molar-refractivity contribution >= 4 is 72.0 Å². The van der Waals surface area contributed by atoms with E-state index in [1.165, 1.54) is 80.7 Å². The molecule has 0 fully saturated rings. The number of nitrogens with zero attached hydrogens (tertiary/aromatic N) is 1. The number of hydrogen-bond acceptors (Lipinski definition) is 1. The number of fused-ring (bicyclic) bond motifs is 9. The minimum atomic E-state index is -2.65. The summed E-state index contributed by atoms with van der Waals surface area (Å²) in [5.74, 6) is 0. The van der Waals surface area contributed by atoms with Crippen molar-refractivity contribution in [2.24, 2.45) is 0 Å². The van der Waals surface area contributed by atoms with E-state index in [1.807, 2.05) is 0 Å². The molecule has 0 atom stereocenters. The predicted octanol–water partition coefficient (Wildman–Crippen LogP) is 10.4. The lowest BCUT2D eigenvalue weighted by Crippen LogP contribution is -2.72. The Morgan fingerprint density at radius 2 is 0.943 bits per heavy atom. The maximum absolute atomic E-state index is 5.42. The van der Waals surface area contributed by atoms with Crippen LogP contribution >= 0.6 is 0 Å². The van der Waals surface area contributed by atoms with E-state index in [1.54, 1.807) is 0 Å². The largest absolute Gasteiger partial charge is 0.247 e. The standard InChI is InChI=1S/C51H33NSi/c1-3-17-38(18-4-1)53(39-19-5-2-6-20-39)48-26-14-12-22-41(48)42-30-29-36(32-49(42)53)45-33-46-50(43-23-10-9-21-40(43)45)44-24-11-13-25-47(44)52-51(46)37-28-27-34-15-7-8-16-35(34)31-37/h1-33H.